The number of rotatable bonds is 5. The van der Waals surface area contributed by atoms with Gasteiger partial charge in [0.25, 0.3) is 5.91 Å². The summed E-state index contributed by atoms with van der Waals surface area (Å²) in [6, 6.07) is 3.98. The Bertz CT molecular complexity index is 961. The molecule has 1 unspecified atom stereocenters. The molecule has 35 heavy (non-hydrogen) atoms. The Hall–Kier alpha value is -2.93. The second-order valence-electron chi connectivity index (χ2n) is 9.38. The number of amides is 1. The van der Waals surface area contributed by atoms with E-state index >= 15 is 0 Å². The van der Waals surface area contributed by atoms with Gasteiger partial charge in [0, 0.05) is 25.9 Å². The normalized spacial score (nSPS) is 22.6. The van der Waals surface area contributed by atoms with Gasteiger partial charge in [0.05, 0.1) is 11.3 Å². The highest BCUT2D eigenvalue weighted by atomic mass is 16.6. The topological polar surface area (TPSA) is 94.2 Å². The second-order valence-corrected chi connectivity index (χ2v) is 9.38. The first-order valence-corrected chi connectivity index (χ1v) is 12.8. The zero-order valence-corrected chi connectivity index (χ0v) is 21.1. The fourth-order valence-corrected chi connectivity index (χ4v) is 4.61. The Morgan fingerprint density at radius 2 is 1.91 bits per heavy atom. The van der Waals surface area contributed by atoms with E-state index in [4.69, 9.17) is 15.3 Å². The van der Waals surface area contributed by atoms with Crippen LogP contribution in [0.5, 0.6) is 0 Å². The van der Waals surface area contributed by atoms with Crippen LogP contribution in [0, 0.1) is 13.8 Å². The van der Waals surface area contributed by atoms with Gasteiger partial charge >= 0.3 is 5.97 Å². The SMILES string of the molecule is Cc1cc(C)c2c(c1)CC(=N/OCC(=O)N1CCCCC1)/C=C/CC/C=C/CC(CCN)OC2=O. The number of cyclic esters (lactones) is 1. The number of nitrogens with zero attached hydrogens (tertiary/aromatic N) is 2. The van der Waals surface area contributed by atoms with Crippen molar-refractivity contribution in [3.63, 3.8) is 0 Å². The van der Waals surface area contributed by atoms with Crippen molar-refractivity contribution in [2.24, 2.45) is 10.9 Å². The van der Waals surface area contributed by atoms with Gasteiger partial charge in [-0.2, -0.15) is 0 Å². The molecule has 3 rings (SSSR count). The largest absolute Gasteiger partial charge is 0.458 e. The number of benzene rings is 1. The molecule has 0 aromatic heterocycles. The highest BCUT2D eigenvalue weighted by molar-refractivity contribution is 6.00. The fraction of sp³-hybridized carbons (Fsp3) is 0.536. The Balaban J connectivity index is 1.84. The highest BCUT2D eigenvalue weighted by Crippen LogP contribution is 2.22. The van der Waals surface area contributed by atoms with Crippen LogP contribution >= 0.6 is 0 Å². The van der Waals surface area contributed by atoms with Crippen molar-refractivity contribution in [3.05, 3.63) is 58.7 Å². The number of fused-ring (bicyclic) bond motifs is 1. The maximum absolute atomic E-state index is 13.3. The molecule has 0 bridgehead atoms. The van der Waals surface area contributed by atoms with Gasteiger partial charge in [-0.05, 0) is 76.1 Å². The van der Waals surface area contributed by atoms with Crippen molar-refractivity contribution in [3.8, 4) is 0 Å². The number of ether oxygens (including phenoxy) is 1. The minimum Gasteiger partial charge on any atom is -0.458 e. The third-order valence-corrected chi connectivity index (χ3v) is 6.35. The Labute approximate surface area is 209 Å². The Morgan fingerprint density at radius 1 is 1.14 bits per heavy atom. The van der Waals surface area contributed by atoms with E-state index in [2.05, 4.69) is 23.4 Å². The van der Waals surface area contributed by atoms with E-state index in [1.165, 1.54) is 6.42 Å². The molecule has 2 aliphatic rings. The van der Waals surface area contributed by atoms with Crippen molar-refractivity contribution in [1.29, 1.82) is 0 Å². The molecule has 0 spiro atoms. The van der Waals surface area contributed by atoms with E-state index in [1.54, 1.807) is 0 Å². The molecule has 0 aliphatic carbocycles. The first-order chi connectivity index (χ1) is 17.0. The Kier molecular flexibility index (Phi) is 10.5. The summed E-state index contributed by atoms with van der Waals surface area (Å²) in [7, 11) is 0. The minimum absolute atomic E-state index is 0.0364. The molecule has 1 aromatic rings. The van der Waals surface area contributed by atoms with Crippen molar-refractivity contribution < 1.29 is 19.2 Å². The molecular weight excluding hydrogens is 442 g/mol. The van der Waals surface area contributed by atoms with Crippen LogP contribution in [0.3, 0.4) is 0 Å². The van der Waals surface area contributed by atoms with Crippen LogP contribution in [0.1, 0.15) is 72.0 Å². The quantitative estimate of drug-likeness (QED) is 0.382. The molecule has 7 heteroatoms. The summed E-state index contributed by atoms with van der Waals surface area (Å²) < 4.78 is 5.89. The Morgan fingerprint density at radius 3 is 2.69 bits per heavy atom. The van der Waals surface area contributed by atoms with E-state index in [-0.39, 0.29) is 24.6 Å². The van der Waals surface area contributed by atoms with Gasteiger partial charge in [-0.1, -0.05) is 41.1 Å². The first-order valence-electron chi connectivity index (χ1n) is 12.8. The average Bonchev–Trinajstić information content (AvgIpc) is 2.82. The number of hydrogen-bond acceptors (Lipinski definition) is 6. The molecule has 7 nitrogen and oxygen atoms in total. The van der Waals surface area contributed by atoms with E-state index < -0.39 is 0 Å². The van der Waals surface area contributed by atoms with Gasteiger partial charge in [0.1, 0.15) is 6.10 Å². The van der Waals surface area contributed by atoms with Gasteiger partial charge in [-0.15, -0.1) is 0 Å². The molecule has 190 valence electrons. The number of allylic oxidation sites excluding steroid dienone is 3. The van der Waals surface area contributed by atoms with Crippen LogP contribution in [-0.4, -0.2) is 54.8 Å². The smallest absolute Gasteiger partial charge is 0.338 e. The number of nitrogens with two attached hydrogens (primary N) is 1. The zero-order chi connectivity index (χ0) is 25.0. The van der Waals surface area contributed by atoms with Crippen molar-refractivity contribution in [1.82, 2.24) is 4.90 Å². The number of oxime groups is 1. The molecule has 1 amide bonds. The molecule has 1 atom stereocenters. The first kappa shape index (κ1) is 26.7. The maximum Gasteiger partial charge on any atom is 0.338 e. The molecular formula is C28H39N3O4. The summed E-state index contributed by atoms with van der Waals surface area (Å²) in [5, 5.41) is 4.31. The van der Waals surface area contributed by atoms with Gasteiger partial charge in [-0.25, -0.2) is 4.79 Å². The predicted octanol–water partition coefficient (Wildman–Crippen LogP) is 4.40. The fourth-order valence-electron chi connectivity index (χ4n) is 4.61. The maximum atomic E-state index is 13.3. The molecule has 1 saturated heterocycles. The van der Waals surface area contributed by atoms with E-state index in [0.717, 1.165) is 55.5 Å². The monoisotopic (exact) mass is 481 g/mol. The summed E-state index contributed by atoms with van der Waals surface area (Å²) in [5.74, 6) is -0.378. The molecule has 0 saturated carbocycles. The van der Waals surface area contributed by atoms with Crippen LogP contribution in [0.25, 0.3) is 0 Å². The molecule has 1 aromatic carbocycles. The summed E-state index contributed by atoms with van der Waals surface area (Å²) >= 11 is 0. The van der Waals surface area contributed by atoms with Crippen LogP contribution < -0.4 is 5.73 Å². The van der Waals surface area contributed by atoms with Crippen LogP contribution in [0.4, 0.5) is 0 Å². The molecule has 2 N–H and O–H groups in total. The minimum atomic E-state index is -0.342. The van der Waals surface area contributed by atoms with Crippen molar-refractivity contribution in [2.45, 2.75) is 71.3 Å². The number of hydrogen-bond donors (Lipinski definition) is 1. The summed E-state index contributed by atoms with van der Waals surface area (Å²) in [4.78, 5) is 33.1. The summed E-state index contributed by atoms with van der Waals surface area (Å²) in [6.45, 7) is 5.87. The van der Waals surface area contributed by atoms with E-state index in [0.29, 0.717) is 37.1 Å². The lowest BCUT2D eigenvalue weighted by atomic mass is 9.94. The van der Waals surface area contributed by atoms with Gasteiger partial charge in [-0.3, -0.25) is 4.79 Å². The third-order valence-electron chi connectivity index (χ3n) is 6.35. The standard InChI is InChI=1S/C28H39N3O4/c1-21-17-22(2)27-23(18-21)19-24(30-34-20-26(32)31-15-9-6-10-16-31)11-7-4-3-5-8-12-25(13-14-29)35-28(27)33/h5,7-8,11,17-18,25H,3-4,6,9-10,12-16,19-20,29H2,1-2H3/b8-5+,11-7+,30-24+. The van der Waals surface area contributed by atoms with E-state index in [1.807, 2.05) is 37.0 Å². The molecule has 2 aliphatic heterocycles. The van der Waals surface area contributed by atoms with E-state index in [9.17, 15) is 9.59 Å². The summed E-state index contributed by atoms with van der Waals surface area (Å²) in [5.41, 5.74) is 9.74. The van der Waals surface area contributed by atoms with Gasteiger partial charge in [0.2, 0.25) is 0 Å². The van der Waals surface area contributed by atoms with Crippen LogP contribution in [0.15, 0.2) is 41.6 Å². The summed E-state index contributed by atoms with van der Waals surface area (Å²) in [6.07, 6.45) is 14.5. The van der Waals surface area contributed by atoms with Crippen molar-refractivity contribution in [2.75, 3.05) is 26.2 Å². The van der Waals surface area contributed by atoms with Crippen LogP contribution in [-0.2, 0) is 20.8 Å². The third kappa shape index (κ3) is 8.35. The van der Waals surface area contributed by atoms with Crippen molar-refractivity contribution >= 4 is 17.6 Å². The number of aryl methyl sites for hydroxylation is 2. The number of likely N-dealkylation sites (tertiary alicyclic amines) is 1. The second kappa shape index (κ2) is 13.8. The lowest BCUT2D eigenvalue weighted by Gasteiger charge is -2.26. The zero-order valence-electron chi connectivity index (χ0n) is 21.1. The van der Waals surface area contributed by atoms with Gasteiger partial charge in [0.15, 0.2) is 6.61 Å². The average molecular weight is 482 g/mol. The lowest BCUT2D eigenvalue weighted by Crippen LogP contribution is -2.37. The molecule has 2 heterocycles. The van der Waals surface area contributed by atoms with Crippen LogP contribution in [0.2, 0.25) is 0 Å². The highest BCUT2D eigenvalue weighted by Gasteiger charge is 2.22. The van der Waals surface area contributed by atoms with Gasteiger partial charge < -0.3 is 20.2 Å². The molecule has 1 fully saturated rings. The number of carbonyl (C=O) groups excluding carboxylic acids is 2. The molecule has 0 radical (unpaired) electrons. The predicted molar refractivity (Wildman–Crippen MR) is 138 cm³/mol. The lowest BCUT2D eigenvalue weighted by molar-refractivity contribution is -0.137. The number of carbonyl (C=O) groups is 2. The number of piperidine rings is 1. The number of esters is 1.